The first-order valence-corrected chi connectivity index (χ1v) is 16.2. The van der Waals surface area contributed by atoms with Crippen molar-refractivity contribution in [3.63, 3.8) is 0 Å². The van der Waals surface area contributed by atoms with Crippen molar-refractivity contribution in [1.82, 2.24) is 0 Å². The lowest BCUT2D eigenvalue weighted by molar-refractivity contribution is 0.289. The zero-order valence-electron chi connectivity index (χ0n) is 21.8. The summed E-state index contributed by atoms with van der Waals surface area (Å²) < 4.78 is 28.5. The van der Waals surface area contributed by atoms with Gasteiger partial charge in [0.15, 0.2) is 0 Å². The highest BCUT2D eigenvalue weighted by Gasteiger charge is 2.25. The van der Waals surface area contributed by atoms with Crippen molar-refractivity contribution in [3.8, 4) is 17.2 Å². The Labute approximate surface area is 226 Å². The second-order valence-electron chi connectivity index (χ2n) is 9.35. The van der Waals surface area contributed by atoms with Crippen LogP contribution in [0.2, 0.25) is 0 Å². The Hall–Kier alpha value is -1.49. The van der Waals surface area contributed by atoms with Crippen LogP contribution in [0.3, 0.4) is 0 Å². The van der Waals surface area contributed by atoms with Gasteiger partial charge in [0.2, 0.25) is 0 Å². The van der Waals surface area contributed by atoms with Gasteiger partial charge in [0.25, 0.3) is 0 Å². The monoisotopic (exact) mass is 582 g/mol. The molecule has 1 atom stereocenters. The van der Waals surface area contributed by atoms with E-state index in [1.165, 1.54) is 83.5 Å². The minimum atomic E-state index is -4.29. The van der Waals surface area contributed by atoms with E-state index in [1.54, 1.807) is 42.5 Å². The lowest BCUT2D eigenvalue weighted by atomic mass is 10.0. The maximum Gasteiger partial charge on any atom is 0.584 e. The lowest BCUT2D eigenvalue weighted by Crippen LogP contribution is -2.00. The molecule has 0 aromatic heterocycles. The van der Waals surface area contributed by atoms with Crippen LogP contribution in [0.1, 0.15) is 102 Å². The number of ether oxygens (including phenoxy) is 1. The number of alkyl halides is 1. The molecule has 202 valence electrons. The topological polar surface area (TPSA) is 65.0 Å². The first-order chi connectivity index (χ1) is 17.5. The van der Waals surface area contributed by atoms with Crippen molar-refractivity contribution in [2.24, 2.45) is 0 Å². The summed E-state index contributed by atoms with van der Waals surface area (Å²) in [6.45, 7) is 2.94. The van der Waals surface area contributed by atoms with Crippen LogP contribution in [-0.4, -0.2) is 11.5 Å². The number of hydrogen-bond donors (Lipinski definition) is 1. The van der Waals surface area contributed by atoms with E-state index >= 15 is 0 Å². The Kier molecular flexibility index (Phi) is 16.0. The van der Waals surface area contributed by atoms with Crippen molar-refractivity contribution in [1.29, 1.82) is 0 Å². The van der Waals surface area contributed by atoms with Crippen LogP contribution in [0.25, 0.3) is 0 Å². The Bertz CT molecular complexity index is 874. The molecule has 0 saturated heterocycles. The number of halogens is 1. The number of unbranched alkanes of at least 4 members (excludes halogenated alkanes) is 13. The number of benzene rings is 2. The standard InChI is InChI=1S/C29H44BrO5P/c1-2-3-4-5-6-7-8-9-10-11-12-13-14-15-23-33-27-19-21-28(22-20-27)34-36(31,32)35-29-18-16-17-26(24-29)25-30/h16-22,24H,2-15,23,25H2,1H3,(H,31,32). The fraction of sp³-hybridized carbons (Fsp3) is 0.586. The van der Waals surface area contributed by atoms with E-state index in [0.717, 1.165) is 17.7 Å². The molecule has 0 spiro atoms. The second kappa shape index (κ2) is 18.7. The van der Waals surface area contributed by atoms with Crippen LogP contribution < -0.4 is 13.8 Å². The van der Waals surface area contributed by atoms with E-state index in [9.17, 15) is 9.46 Å². The summed E-state index contributed by atoms with van der Waals surface area (Å²) in [5, 5.41) is 0.627. The Balaban J connectivity index is 1.51. The summed E-state index contributed by atoms with van der Waals surface area (Å²) in [4.78, 5) is 10.1. The lowest BCUT2D eigenvalue weighted by Gasteiger charge is -2.14. The second-order valence-corrected chi connectivity index (χ2v) is 11.2. The third kappa shape index (κ3) is 14.3. The molecule has 36 heavy (non-hydrogen) atoms. The molecule has 0 fully saturated rings. The average Bonchev–Trinajstić information content (AvgIpc) is 2.87. The Morgan fingerprint density at radius 1 is 0.694 bits per heavy atom. The molecule has 0 amide bonds. The number of phosphoric ester groups is 1. The molecule has 2 aromatic carbocycles. The van der Waals surface area contributed by atoms with Crippen molar-refractivity contribution < 1.29 is 23.2 Å². The molecule has 7 heteroatoms. The fourth-order valence-corrected chi connectivity index (χ4v) is 5.21. The van der Waals surface area contributed by atoms with Crippen molar-refractivity contribution in [3.05, 3.63) is 54.1 Å². The molecule has 0 heterocycles. The smallest absolute Gasteiger partial charge is 0.494 e. The SMILES string of the molecule is CCCCCCCCCCCCCCCCOc1ccc(OP(=O)(O)Oc2cccc(CBr)c2)cc1. The van der Waals surface area contributed by atoms with Crippen LogP contribution in [0.4, 0.5) is 0 Å². The molecule has 2 aromatic rings. The minimum Gasteiger partial charge on any atom is -0.494 e. The van der Waals surface area contributed by atoms with Gasteiger partial charge >= 0.3 is 7.82 Å². The van der Waals surface area contributed by atoms with Crippen LogP contribution in [0.5, 0.6) is 17.2 Å². The van der Waals surface area contributed by atoms with E-state index in [2.05, 4.69) is 22.9 Å². The molecule has 1 N–H and O–H groups in total. The van der Waals surface area contributed by atoms with Gasteiger partial charge in [-0.3, -0.25) is 4.89 Å². The maximum absolute atomic E-state index is 12.3. The van der Waals surface area contributed by atoms with Gasteiger partial charge in [-0.05, 0) is 48.4 Å². The van der Waals surface area contributed by atoms with Gasteiger partial charge in [-0.15, -0.1) is 0 Å². The normalized spacial score (nSPS) is 12.8. The Morgan fingerprint density at radius 3 is 1.75 bits per heavy atom. The van der Waals surface area contributed by atoms with Gasteiger partial charge in [-0.2, -0.15) is 0 Å². The molecule has 5 nitrogen and oxygen atoms in total. The van der Waals surface area contributed by atoms with Crippen molar-refractivity contribution >= 4 is 23.8 Å². The van der Waals surface area contributed by atoms with Gasteiger partial charge in [0.1, 0.15) is 17.2 Å². The average molecular weight is 584 g/mol. The summed E-state index contributed by atoms with van der Waals surface area (Å²) >= 11 is 3.35. The number of hydrogen-bond acceptors (Lipinski definition) is 4. The zero-order chi connectivity index (χ0) is 25.9. The predicted octanol–water partition coefficient (Wildman–Crippen LogP) is 10.00. The molecule has 2 rings (SSSR count). The highest BCUT2D eigenvalue weighted by Crippen LogP contribution is 2.44. The molecule has 0 aliphatic carbocycles. The van der Waals surface area contributed by atoms with Gasteiger partial charge in [-0.1, -0.05) is 118 Å². The number of rotatable bonds is 21. The zero-order valence-corrected chi connectivity index (χ0v) is 24.3. The molecule has 0 aliphatic rings. The highest BCUT2D eigenvalue weighted by atomic mass is 79.9. The Morgan fingerprint density at radius 2 is 1.19 bits per heavy atom. The highest BCUT2D eigenvalue weighted by molar-refractivity contribution is 9.08. The first-order valence-electron chi connectivity index (χ1n) is 13.6. The molecule has 0 aliphatic heterocycles. The van der Waals surface area contributed by atoms with Crippen LogP contribution in [-0.2, 0) is 9.90 Å². The maximum atomic E-state index is 12.3. The van der Waals surface area contributed by atoms with E-state index in [0.29, 0.717) is 11.9 Å². The summed E-state index contributed by atoms with van der Waals surface area (Å²) in [7, 11) is -4.29. The van der Waals surface area contributed by atoms with Crippen LogP contribution >= 0.6 is 23.8 Å². The summed E-state index contributed by atoms with van der Waals surface area (Å²) in [6.07, 6.45) is 18.7. The largest absolute Gasteiger partial charge is 0.584 e. The van der Waals surface area contributed by atoms with Crippen molar-refractivity contribution in [2.75, 3.05) is 6.61 Å². The summed E-state index contributed by atoms with van der Waals surface area (Å²) in [5.74, 6) is 1.25. The van der Waals surface area contributed by atoms with E-state index in [4.69, 9.17) is 13.8 Å². The number of phosphoric acid groups is 1. The molecule has 0 saturated carbocycles. The van der Waals surface area contributed by atoms with Gasteiger partial charge in [0.05, 0.1) is 6.61 Å². The molecular formula is C29H44BrO5P. The van der Waals surface area contributed by atoms with Crippen LogP contribution in [0.15, 0.2) is 48.5 Å². The summed E-state index contributed by atoms with van der Waals surface area (Å²) in [6, 6.07) is 13.7. The van der Waals surface area contributed by atoms with Gasteiger partial charge in [-0.25, -0.2) is 4.57 Å². The predicted molar refractivity (Wildman–Crippen MR) is 152 cm³/mol. The third-order valence-electron chi connectivity index (χ3n) is 6.08. The molecular weight excluding hydrogens is 539 g/mol. The van der Waals surface area contributed by atoms with Crippen LogP contribution in [0, 0.1) is 0 Å². The van der Waals surface area contributed by atoms with Gasteiger partial charge in [0, 0.05) is 5.33 Å². The van der Waals surface area contributed by atoms with E-state index < -0.39 is 7.82 Å². The molecule has 0 bridgehead atoms. The molecule has 1 unspecified atom stereocenters. The quantitative estimate of drug-likeness (QED) is 0.0900. The van der Waals surface area contributed by atoms with Gasteiger partial charge < -0.3 is 13.8 Å². The fourth-order valence-electron chi connectivity index (χ4n) is 4.05. The third-order valence-corrected chi connectivity index (χ3v) is 7.62. The minimum absolute atomic E-state index is 0.251. The molecule has 0 radical (unpaired) electrons. The summed E-state index contributed by atoms with van der Waals surface area (Å²) in [5.41, 5.74) is 0.938. The first kappa shape index (κ1) is 30.7. The van der Waals surface area contributed by atoms with E-state index in [1.807, 2.05) is 6.07 Å². The van der Waals surface area contributed by atoms with Crippen molar-refractivity contribution in [2.45, 2.75) is 102 Å². The van der Waals surface area contributed by atoms with E-state index in [-0.39, 0.29) is 11.5 Å².